The second-order valence-electron chi connectivity index (χ2n) is 4.24. The van der Waals surface area contributed by atoms with E-state index in [9.17, 15) is 4.79 Å². The molecular formula is C12H18N2O3S. The molecule has 1 saturated heterocycles. The lowest BCUT2D eigenvalue weighted by molar-refractivity contribution is -0.155. The SMILES string of the molecule is COC1(C(=O)NCCc2nccs2)CCOCC1. The Kier molecular flexibility index (Phi) is 4.68. The maximum atomic E-state index is 12.2. The molecule has 1 aliphatic rings. The fourth-order valence-electron chi connectivity index (χ4n) is 2.05. The lowest BCUT2D eigenvalue weighted by Gasteiger charge is -2.34. The van der Waals surface area contributed by atoms with E-state index in [0.717, 1.165) is 11.4 Å². The van der Waals surface area contributed by atoms with Crippen molar-refractivity contribution in [3.63, 3.8) is 0 Å². The Morgan fingerprint density at radius 3 is 3.00 bits per heavy atom. The Morgan fingerprint density at radius 2 is 2.39 bits per heavy atom. The molecule has 0 radical (unpaired) electrons. The predicted molar refractivity (Wildman–Crippen MR) is 68.6 cm³/mol. The van der Waals surface area contributed by atoms with Gasteiger partial charge in [0.1, 0.15) is 0 Å². The van der Waals surface area contributed by atoms with Crippen molar-refractivity contribution in [3.05, 3.63) is 16.6 Å². The summed E-state index contributed by atoms with van der Waals surface area (Å²) in [5.74, 6) is -0.0372. The summed E-state index contributed by atoms with van der Waals surface area (Å²) in [6.07, 6.45) is 3.77. The number of hydrogen-bond donors (Lipinski definition) is 1. The summed E-state index contributed by atoms with van der Waals surface area (Å²) in [6, 6.07) is 0. The molecule has 0 atom stereocenters. The van der Waals surface area contributed by atoms with Gasteiger partial charge in [-0.15, -0.1) is 11.3 Å². The van der Waals surface area contributed by atoms with Gasteiger partial charge in [-0.1, -0.05) is 0 Å². The monoisotopic (exact) mass is 270 g/mol. The van der Waals surface area contributed by atoms with Crippen LogP contribution in [0.1, 0.15) is 17.8 Å². The molecule has 0 bridgehead atoms. The quantitative estimate of drug-likeness (QED) is 0.867. The second-order valence-corrected chi connectivity index (χ2v) is 5.22. The molecule has 18 heavy (non-hydrogen) atoms. The maximum absolute atomic E-state index is 12.2. The number of amides is 1. The zero-order valence-corrected chi connectivity index (χ0v) is 11.3. The molecule has 1 aromatic rings. The Labute approximate surface area is 111 Å². The van der Waals surface area contributed by atoms with Gasteiger partial charge in [0, 0.05) is 57.7 Å². The number of aromatic nitrogens is 1. The number of rotatable bonds is 5. The van der Waals surface area contributed by atoms with E-state index in [1.54, 1.807) is 24.6 Å². The Bertz CT molecular complexity index is 375. The largest absolute Gasteiger partial charge is 0.381 e. The van der Waals surface area contributed by atoms with Gasteiger partial charge >= 0.3 is 0 Å². The zero-order chi connectivity index (χ0) is 12.8. The molecule has 1 amide bonds. The molecule has 6 heteroatoms. The fraction of sp³-hybridized carbons (Fsp3) is 0.667. The standard InChI is InChI=1S/C12H18N2O3S/c1-16-12(3-7-17-8-4-12)11(15)14-5-2-10-13-6-9-18-10/h6,9H,2-5,7-8H2,1H3,(H,14,15). The molecule has 100 valence electrons. The van der Waals surface area contributed by atoms with E-state index in [-0.39, 0.29) is 5.91 Å². The van der Waals surface area contributed by atoms with Crippen LogP contribution >= 0.6 is 11.3 Å². The number of hydrogen-bond acceptors (Lipinski definition) is 5. The molecule has 5 nitrogen and oxygen atoms in total. The molecule has 2 rings (SSSR count). The second kappa shape index (κ2) is 6.26. The highest BCUT2D eigenvalue weighted by Gasteiger charge is 2.39. The lowest BCUT2D eigenvalue weighted by Crippen LogP contribution is -2.52. The van der Waals surface area contributed by atoms with Crippen LogP contribution in [0.5, 0.6) is 0 Å². The van der Waals surface area contributed by atoms with Gasteiger partial charge in [-0.3, -0.25) is 4.79 Å². The maximum Gasteiger partial charge on any atom is 0.252 e. The minimum absolute atomic E-state index is 0.0372. The summed E-state index contributed by atoms with van der Waals surface area (Å²) in [5, 5.41) is 5.90. The van der Waals surface area contributed by atoms with Gasteiger partial charge in [0.05, 0.1) is 5.01 Å². The van der Waals surface area contributed by atoms with E-state index in [1.807, 2.05) is 5.38 Å². The third-order valence-corrected chi connectivity index (χ3v) is 4.05. The highest BCUT2D eigenvalue weighted by atomic mass is 32.1. The highest BCUT2D eigenvalue weighted by molar-refractivity contribution is 7.09. The third-order valence-electron chi connectivity index (χ3n) is 3.21. The minimum atomic E-state index is -0.707. The number of carbonyl (C=O) groups is 1. The Morgan fingerprint density at radius 1 is 1.61 bits per heavy atom. The van der Waals surface area contributed by atoms with Crippen molar-refractivity contribution in [2.75, 3.05) is 26.9 Å². The number of nitrogens with zero attached hydrogens (tertiary/aromatic N) is 1. The number of methoxy groups -OCH3 is 1. The Balaban J connectivity index is 1.82. The van der Waals surface area contributed by atoms with Crippen LogP contribution in [-0.4, -0.2) is 43.4 Å². The van der Waals surface area contributed by atoms with E-state index in [2.05, 4.69) is 10.3 Å². The van der Waals surface area contributed by atoms with Gasteiger partial charge in [0.15, 0.2) is 5.60 Å². The summed E-state index contributed by atoms with van der Waals surface area (Å²) < 4.78 is 10.7. The molecule has 1 aliphatic heterocycles. The summed E-state index contributed by atoms with van der Waals surface area (Å²) in [6.45, 7) is 1.75. The first-order valence-electron chi connectivity index (χ1n) is 6.06. The smallest absolute Gasteiger partial charge is 0.252 e. The minimum Gasteiger partial charge on any atom is -0.381 e. The van der Waals surface area contributed by atoms with Crippen molar-refractivity contribution in [1.29, 1.82) is 0 Å². The highest BCUT2D eigenvalue weighted by Crippen LogP contribution is 2.24. The molecule has 0 unspecified atom stereocenters. The van der Waals surface area contributed by atoms with Gasteiger partial charge < -0.3 is 14.8 Å². The molecular weight excluding hydrogens is 252 g/mol. The Hall–Kier alpha value is -0.980. The van der Waals surface area contributed by atoms with Crippen LogP contribution in [0.4, 0.5) is 0 Å². The average molecular weight is 270 g/mol. The van der Waals surface area contributed by atoms with Gasteiger partial charge in [-0.2, -0.15) is 0 Å². The van der Waals surface area contributed by atoms with Crippen molar-refractivity contribution in [1.82, 2.24) is 10.3 Å². The lowest BCUT2D eigenvalue weighted by atomic mass is 9.93. The number of thiazole rings is 1. The molecule has 0 aromatic carbocycles. The van der Waals surface area contributed by atoms with Crippen molar-refractivity contribution in [3.8, 4) is 0 Å². The molecule has 1 N–H and O–H groups in total. The summed E-state index contributed by atoms with van der Waals surface area (Å²) in [5.41, 5.74) is -0.707. The first kappa shape index (κ1) is 13.5. The molecule has 0 saturated carbocycles. The summed E-state index contributed by atoms with van der Waals surface area (Å²) in [7, 11) is 1.59. The topological polar surface area (TPSA) is 60.5 Å². The molecule has 1 aromatic heterocycles. The average Bonchev–Trinajstić information content (AvgIpc) is 2.92. The number of carbonyl (C=O) groups excluding carboxylic acids is 1. The fourth-order valence-corrected chi connectivity index (χ4v) is 2.67. The van der Waals surface area contributed by atoms with E-state index in [1.165, 1.54) is 0 Å². The molecule has 0 spiro atoms. The number of ether oxygens (including phenoxy) is 2. The molecule has 2 heterocycles. The first-order valence-corrected chi connectivity index (χ1v) is 6.94. The van der Waals surface area contributed by atoms with Crippen LogP contribution in [0.15, 0.2) is 11.6 Å². The molecule has 0 aliphatic carbocycles. The van der Waals surface area contributed by atoms with Crippen molar-refractivity contribution >= 4 is 17.2 Å². The van der Waals surface area contributed by atoms with Gasteiger partial charge in [-0.05, 0) is 0 Å². The first-order chi connectivity index (χ1) is 8.77. The number of nitrogens with one attached hydrogen (secondary N) is 1. The third kappa shape index (κ3) is 3.07. The van der Waals surface area contributed by atoms with Crippen molar-refractivity contribution in [2.45, 2.75) is 24.9 Å². The van der Waals surface area contributed by atoms with Crippen LogP contribution in [0.2, 0.25) is 0 Å². The van der Waals surface area contributed by atoms with E-state index in [0.29, 0.717) is 32.6 Å². The molecule has 1 fully saturated rings. The predicted octanol–water partition coefficient (Wildman–Crippen LogP) is 0.997. The van der Waals surface area contributed by atoms with Crippen LogP contribution in [0.3, 0.4) is 0 Å². The van der Waals surface area contributed by atoms with E-state index >= 15 is 0 Å². The van der Waals surface area contributed by atoms with E-state index < -0.39 is 5.60 Å². The van der Waals surface area contributed by atoms with Crippen molar-refractivity contribution in [2.24, 2.45) is 0 Å². The van der Waals surface area contributed by atoms with Crippen LogP contribution < -0.4 is 5.32 Å². The van der Waals surface area contributed by atoms with Gasteiger partial charge in [0.2, 0.25) is 0 Å². The summed E-state index contributed by atoms with van der Waals surface area (Å²) in [4.78, 5) is 16.3. The van der Waals surface area contributed by atoms with E-state index in [4.69, 9.17) is 9.47 Å². The van der Waals surface area contributed by atoms with Crippen molar-refractivity contribution < 1.29 is 14.3 Å². The normalized spacial score (nSPS) is 18.5. The summed E-state index contributed by atoms with van der Waals surface area (Å²) >= 11 is 1.60. The van der Waals surface area contributed by atoms with Crippen LogP contribution in [-0.2, 0) is 20.7 Å². The zero-order valence-electron chi connectivity index (χ0n) is 10.5. The van der Waals surface area contributed by atoms with Gasteiger partial charge in [0.25, 0.3) is 5.91 Å². The van der Waals surface area contributed by atoms with Crippen LogP contribution in [0, 0.1) is 0 Å². The van der Waals surface area contributed by atoms with Gasteiger partial charge in [-0.25, -0.2) is 4.98 Å². The van der Waals surface area contributed by atoms with Crippen LogP contribution in [0.25, 0.3) is 0 Å².